The number of fused-ring (bicyclic) bond motifs is 1. The Morgan fingerprint density at radius 3 is 2.57 bits per heavy atom. The zero-order chi connectivity index (χ0) is 20.4. The molecule has 0 amide bonds. The van der Waals surface area contributed by atoms with Gasteiger partial charge < -0.3 is 9.64 Å². The highest BCUT2D eigenvalue weighted by molar-refractivity contribution is 5.85. The van der Waals surface area contributed by atoms with Crippen LogP contribution in [-0.4, -0.2) is 23.9 Å². The zero-order valence-corrected chi connectivity index (χ0v) is 16.1. The lowest BCUT2D eigenvalue weighted by Crippen LogP contribution is -2.31. The predicted octanol–water partition coefficient (Wildman–Crippen LogP) is 4.39. The van der Waals surface area contributed by atoms with Crippen LogP contribution in [0.3, 0.4) is 0 Å². The van der Waals surface area contributed by atoms with E-state index in [1.807, 2.05) is 18.2 Å². The number of hydrogen-bond acceptors (Lipinski definition) is 6. The molecule has 0 bridgehead atoms. The van der Waals surface area contributed by atoms with Crippen molar-refractivity contribution in [1.29, 1.82) is 10.7 Å². The molecule has 2 aromatic rings. The normalized spacial score (nSPS) is 18.0. The van der Waals surface area contributed by atoms with Gasteiger partial charge in [-0.05, 0) is 32.4 Å². The number of rotatable bonds is 5. The molecule has 0 radical (unpaired) electrons. The van der Waals surface area contributed by atoms with Gasteiger partial charge in [-0.25, -0.2) is 0 Å². The smallest absolute Gasteiger partial charge is 0.272 e. The molecule has 28 heavy (non-hydrogen) atoms. The largest absolute Gasteiger partial charge is 0.442 e. The summed E-state index contributed by atoms with van der Waals surface area (Å²) in [5.74, 6) is -0.950. The molecule has 0 aliphatic carbocycles. The third-order valence-electron chi connectivity index (χ3n) is 5.22. The SMILES string of the molecule is CCN(CC)c1ccc2c(c1)OC(=N)C(C#N)C2c1ccc(C)c([N+](=O)[O-])c1. The number of ether oxygens (including phenoxy) is 1. The van der Waals surface area contributed by atoms with Crippen molar-refractivity contribution in [1.82, 2.24) is 0 Å². The second kappa shape index (κ2) is 7.69. The van der Waals surface area contributed by atoms with Crippen molar-refractivity contribution < 1.29 is 9.66 Å². The Morgan fingerprint density at radius 2 is 1.96 bits per heavy atom. The van der Waals surface area contributed by atoms with Gasteiger partial charge in [0, 0.05) is 48.0 Å². The minimum Gasteiger partial charge on any atom is -0.442 e. The Labute approximate surface area is 163 Å². The topological polar surface area (TPSA) is 103 Å². The molecule has 7 heteroatoms. The summed E-state index contributed by atoms with van der Waals surface area (Å²) in [6, 6.07) is 12.9. The van der Waals surface area contributed by atoms with Gasteiger partial charge in [0.2, 0.25) is 5.90 Å². The molecule has 0 fully saturated rings. The van der Waals surface area contributed by atoms with Crippen molar-refractivity contribution in [3.8, 4) is 11.8 Å². The minimum absolute atomic E-state index is 0.00789. The lowest BCUT2D eigenvalue weighted by molar-refractivity contribution is -0.385. The number of nitro benzene ring substituents is 1. The Bertz CT molecular complexity index is 976. The molecule has 2 aromatic carbocycles. The molecular weight excluding hydrogens is 356 g/mol. The standard InChI is InChI=1S/C21H22N4O3/c1-4-24(5-2)15-8-9-16-19(11-15)28-21(23)17(12-22)20(16)14-7-6-13(3)18(10-14)25(26)27/h6-11,17,20,23H,4-5H2,1-3H3. The number of benzene rings is 2. The molecule has 0 aromatic heterocycles. The van der Waals surface area contributed by atoms with Crippen LogP contribution in [0.1, 0.15) is 36.5 Å². The van der Waals surface area contributed by atoms with Gasteiger partial charge in [-0.15, -0.1) is 0 Å². The first-order chi connectivity index (χ1) is 13.4. The fourth-order valence-corrected chi connectivity index (χ4v) is 3.69. The molecule has 0 spiro atoms. The molecular formula is C21H22N4O3. The van der Waals surface area contributed by atoms with Crippen LogP contribution in [0, 0.1) is 39.7 Å². The molecule has 2 unspecified atom stereocenters. The quantitative estimate of drug-likeness (QED) is 0.614. The van der Waals surface area contributed by atoms with Gasteiger partial charge >= 0.3 is 0 Å². The number of nitrogens with zero attached hydrogens (tertiary/aromatic N) is 3. The second-order valence-corrected chi connectivity index (χ2v) is 6.75. The number of nitrogens with one attached hydrogen (secondary N) is 1. The number of hydrogen-bond donors (Lipinski definition) is 1. The van der Waals surface area contributed by atoms with Crippen LogP contribution >= 0.6 is 0 Å². The van der Waals surface area contributed by atoms with Crippen LogP contribution in [0.5, 0.6) is 5.75 Å². The highest BCUT2D eigenvalue weighted by atomic mass is 16.6. The number of aryl methyl sites for hydroxylation is 1. The van der Waals surface area contributed by atoms with Crippen LogP contribution < -0.4 is 9.64 Å². The van der Waals surface area contributed by atoms with Crippen molar-refractivity contribution in [3.05, 3.63) is 63.2 Å². The fraction of sp³-hybridized carbons (Fsp3) is 0.333. The average molecular weight is 378 g/mol. The predicted molar refractivity (Wildman–Crippen MR) is 107 cm³/mol. The van der Waals surface area contributed by atoms with Crippen LogP contribution in [0.25, 0.3) is 0 Å². The first-order valence-corrected chi connectivity index (χ1v) is 9.20. The molecule has 1 aliphatic heterocycles. The Morgan fingerprint density at radius 1 is 1.25 bits per heavy atom. The molecule has 144 valence electrons. The van der Waals surface area contributed by atoms with Gasteiger partial charge in [0.25, 0.3) is 5.69 Å². The maximum atomic E-state index is 11.4. The van der Waals surface area contributed by atoms with E-state index < -0.39 is 16.8 Å². The van der Waals surface area contributed by atoms with Gasteiger partial charge in [-0.1, -0.05) is 18.2 Å². The highest BCUT2D eigenvalue weighted by Gasteiger charge is 2.37. The average Bonchev–Trinajstić information content (AvgIpc) is 2.68. The number of anilines is 1. The van der Waals surface area contributed by atoms with E-state index in [1.165, 1.54) is 6.07 Å². The van der Waals surface area contributed by atoms with E-state index in [0.29, 0.717) is 16.9 Å². The number of nitriles is 1. The second-order valence-electron chi connectivity index (χ2n) is 6.75. The summed E-state index contributed by atoms with van der Waals surface area (Å²) >= 11 is 0. The van der Waals surface area contributed by atoms with Crippen molar-refractivity contribution in [3.63, 3.8) is 0 Å². The molecule has 1 aliphatic rings. The molecule has 3 rings (SSSR count). The zero-order valence-electron chi connectivity index (χ0n) is 16.1. The summed E-state index contributed by atoms with van der Waals surface area (Å²) in [4.78, 5) is 13.1. The molecule has 7 nitrogen and oxygen atoms in total. The van der Waals surface area contributed by atoms with Crippen LogP contribution in [0.15, 0.2) is 36.4 Å². The van der Waals surface area contributed by atoms with E-state index >= 15 is 0 Å². The summed E-state index contributed by atoms with van der Waals surface area (Å²) in [5.41, 5.74) is 2.93. The van der Waals surface area contributed by atoms with E-state index in [1.54, 1.807) is 19.1 Å². The van der Waals surface area contributed by atoms with Gasteiger partial charge in [0.1, 0.15) is 11.7 Å². The lowest BCUT2D eigenvalue weighted by Gasteiger charge is -2.31. The van der Waals surface area contributed by atoms with Gasteiger partial charge in [-0.3, -0.25) is 15.5 Å². The Kier molecular flexibility index (Phi) is 5.32. The van der Waals surface area contributed by atoms with Crippen LogP contribution in [0.2, 0.25) is 0 Å². The van der Waals surface area contributed by atoms with Gasteiger partial charge in [0.05, 0.1) is 11.0 Å². The van der Waals surface area contributed by atoms with E-state index in [9.17, 15) is 15.4 Å². The minimum atomic E-state index is -0.839. The third kappa shape index (κ3) is 3.29. The molecule has 1 heterocycles. The maximum absolute atomic E-state index is 11.4. The summed E-state index contributed by atoms with van der Waals surface area (Å²) in [6.45, 7) is 7.47. The number of nitro groups is 1. The summed E-state index contributed by atoms with van der Waals surface area (Å²) in [5, 5.41) is 29.2. The summed E-state index contributed by atoms with van der Waals surface area (Å²) in [7, 11) is 0. The fourth-order valence-electron chi connectivity index (χ4n) is 3.69. The molecule has 2 atom stereocenters. The van der Waals surface area contributed by atoms with Crippen LogP contribution in [-0.2, 0) is 0 Å². The van der Waals surface area contributed by atoms with E-state index in [-0.39, 0.29) is 11.6 Å². The molecule has 0 saturated heterocycles. The van der Waals surface area contributed by atoms with Gasteiger partial charge in [0.15, 0.2) is 0 Å². The van der Waals surface area contributed by atoms with Crippen molar-refractivity contribution in [2.45, 2.75) is 26.7 Å². The molecule has 0 saturated carbocycles. The Hall–Kier alpha value is -3.40. The summed E-state index contributed by atoms with van der Waals surface area (Å²) < 4.78 is 5.67. The van der Waals surface area contributed by atoms with Crippen LogP contribution in [0.4, 0.5) is 11.4 Å². The first kappa shape index (κ1) is 19.4. The van der Waals surface area contributed by atoms with Crippen molar-refractivity contribution in [2.24, 2.45) is 5.92 Å². The third-order valence-corrected chi connectivity index (χ3v) is 5.22. The van der Waals surface area contributed by atoms with Crippen molar-refractivity contribution >= 4 is 17.3 Å². The van der Waals surface area contributed by atoms with Crippen molar-refractivity contribution in [2.75, 3.05) is 18.0 Å². The van der Waals surface area contributed by atoms with E-state index in [4.69, 9.17) is 10.1 Å². The lowest BCUT2D eigenvalue weighted by atomic mass is 9.78. The monoisotopic (exact) mass is 378 g/mol. The van der Waals surface area contributed by atoms with Gasteiger partial charge in [-0.2, -0.15) is 5.26 Å². The maximum Gasteiger partial charge on any atom is 0.272 e. The molecule has 1 N–H and O–H groups in total. The van der Waals surface area contributed by atoms with E-state index in [0.717, 1.165) is 24.3 Å². The first-order valence-electron chi connectivity index (χ1n) is 9.20. The van der Waals surface area contributed by atoms with E-state index in [2.05, 4.69) is 24.8 Å². The summed E-state index contributed by atoms with van der Waals surface area (Å²) in [6.07, 6.45) is 0. The Balaban J connectivity index is 2.16. The highest BCUT2D eigenvalue weighted by Crippen LogP contribution is 2.44.